The number of alkyl halides is 3. The standard InChI is InChI=1S/C11H7F3N4OS/c12-11(13,14)8-3-1-2-7(4-8)5-16-18-9(19)6-15-17-10(18)20/h1-6H,(H,17,20)/b16-5-. The van der Waals surface area contributed by atoms with Gasteiger partial charge in [0.25, 0.3) is 5.56 Å². The molecule has 0 unspecified atom stereocenters. The highest BCUT2D eigenvalue weighted by atomic mass is 32.1. The van der Waals surface area contributed by atoms with Gasteiger partial charge in [0.05, 0.1) is 11.8 Å². The van der Waals surface area contributed by atoms with E-state index in [-0.39, 0.29) is 10.3 Å². The van der Waals surface area contributed by atoms with E-state index in [1.54, 1.807) is 0 Å². The molecule has 1 heterocycles. The number of benzene rings is 1. The summed E-state index contributed by atoms with van der Waals surface area (Å²) in [4.78, 5) is 11.4. The van der Waals surface area contributed by atoms with Crippen molar-refractivity contribution in [3.8, 4) is 0 Å². The van der Waals surface area contributed by atoms with Crippen molar-refractivity contribution < 1.29 is 13.2 Å². The first-order valence-corrected chi connectivity index (χ1v) is 5.67. The Hall–Kier alpha value is -2.29. The molecule has 0 aliphatic heterocycles. The number of halogens is 3. The van der Waals surface area contributed by atoms with Gasteiger partial charge in [0, 0.05) is 0 Å². The highest BCUT2D eigenvalue weighted by molar-refractivity contribution is 7.71. The van der Waals surface area contributed by atoms with E-state index < -0.39 is 17.3 Å². The van der Waals surface area contributed by atoms with Gasteiger partial charge in [-0.2, -0.15) is 28.0 Å². The van der Waals surface area contributed by atoms with Crippen LogP contribution in [-0.4, -0.2) is 21.1 Å². The van der Waals surface area contributed by atoms with Crippen molar-refractivity contribution in [2.75, 3.05) is 0 Å². The Morgan fingerprint density at radius 3 is 2.80 bits per heavy atom. The first-order valence-electron chi connectivity index (χ1n) is 5.26. The summed E-state index contributed by atoms with van der Waals surface area (Å²) in [6, 6.07) is 4.54. The van der Waals surface area contributed by atoms with Gasteiger partial charge in [-0.15, -0.1) is 0 Å². The largest absolute Gasteiger partial charge is 0.416 e. The normalized spacial score (nSPS) is 11.9. The summed E-state index contributed by atoms with van der Waals surface area (Å²) < 4.78 is 38.4. The minimum absolute atomic E-state index is 0.0549. The molecular weight excluding hydrogens is 293 g/mol. The van der Waals surface area contributed by atoms with E-state index in [0.29, 0.717) is 0 Å². The van der Waals surface area contributed by atoms with Crippen LogP contribution in [0.4, 0.5) is 13.2 Å². The first kappa shape index (κ1) is 14.1. The number of hydrogen-bond acceptors (Lipinski definition) is 4. The molecule has 1 aromatic heterocycles. The van der Waals surface area contributed by atoms with Crippen molar-refractivity contribution in [2.45, 2.75) is 6.18 Å². The van der Waals surface area contributed by atoms with Crippen LogP contribution in [0.2, 0.25) is 0 Å². The quantitative estimate of drug-likeness (QED) is 0.683. The van der Waals surface area contributed by atoms with Crippen molar-refractivity contribution in [1.82, 2.24) is 14.9 Å². The van der Waals surface area contributed by atoms with Gasteiger partial charge in [0.2, 0.25) is 4.77 Å². The van der Waals surface area contributed by atoms with Crippen LogP contribution in [0.25, 0.3) is 0 Å². The fourth-order valence-electron chi connectivity index (χ4n) is 1.37. The van der Waals surface area contributed by atoms with Gasteiger partial charge < -0.3 is 0 Å². The van der Waals surface area contributed by atoms with Crippen molar-refractivity contribution in [2.24, 2.45) is 5.10 Å². The summed E-state index contributed by atoms with van der Waals surface area (Å²) in [7, 11) is 0. The van der Waals surface area contributed by atoms with E-state index in [0.717, 1.165) is 29.2 Å². The highest BCUT2D eigenvalue weighted by Gasteiger charge is 2.30. The SMILES string of the molecule is O=c1cn[nH]c(=S)n1/N=C\c1cccc(C(F)(F)F)c1. The Morgan fingerprint density at radius 1 is 1.40 bits per heavy atom. The van der Waals surface area contributed by atoms with E-state index in [4.69, 9.17) is 12.2 Å². The summed E-state index contributed by atoms with van der Waals surface area (Å²) in [6.45, 7) is 0. The molecule has 0 bridgehead atoms. The summed E-state index contributed by atoms with van der Waals surface area (Å²) in [5.41, 5.74) is -1.19. The summed E-state index contributed by atoms with van der Waals surface area (Å²) in [6.07, 6.45) is -2.37. The summed E-state index contributed by atoms with van der Waals surface area (Å²) in [5.74, 6) is 0. The fraction of sp³-hybridized carbons (Fsp3) is 0.0909. The lowest BCUT2D eigenvalue weighted by molar-refractivity contribution is -0.137. The third kappa shape index (κ3) is 3.18. The van der Waals surface area contributed by atoms with Crippen molar-refractivity contribution in [3.63, 3.8) is 0 Å². The molecule has 1 aromatic carbocycles. The molecule has 0 spiro atoms. The zero-order valence-corrected chi connectivity index (χ0v) is 10.6. The molecule has 0 atom stereocenters. The van der Waals surface area contributed by atoms with E-state index >= 15 is 0 Å². The third-order valence-electron chi connectivity index (χ3n) is 2.27. The number of aromatic nitrogens is 3. The molecule has 1 N–H and O–H groups in total. The monoisotopic (exact) mass is 300 g/mol. The van der Waals surface area contributed by atoms with Gasteiger partial charge in [-0.05, 0) is 29.9 Å². The van der Waals surface area contributed by atoms with E-state index in [9.17, 15) is 18.0 Å². The highest BCUT2D eigenvalue weighted by Crippen LogP contribution is 2.29. The van der Waals surface area contributed by atoms with Gasteiger partial charge >= 0.3 is 6.18 Å². The second kappa shape index (κ2) is 5.37. The predicted octanol–water partition coefficient (Wildman–Crippen LogP) is 2.20. The predicted molar refractivity (Wildman–Crippen MR) is 68.1 cm³/mol. The van der Waals surface area contributed by atoms with Gasteiger partial charge in [-0.25, -0.2) is 0 Å². The summed E-state index contributed by atoms with van der Waals surface area (Å²) >= 11 is 4.79. The Morgan fingerprint density at radius 2 is 2.15 bits per heavy atom. The van der Waals surface area contributed by atoms with Crippen LogP contribution in [0.15, 0.2) is 40.4 Å². The second-order valence-electron chi connectivity index (χ2n) is 3.69. The molecule has 0 amide bonds. The Balaban J connectivity index is 2.38. The molecule has 5 nitrogen and oxygen atoms in total. The number of H-pyrrole nitrogens is 1. The Labute approximate surface area is 115 Å². The van der Waals surface area contributed by atoms with E-state index in [2.05, 4.69) is 15.3 Å². The number of nitrogens with one attached hydrogen (secondary N) is 1. The number of nitrogens with zero attached hydrogens (tertiary/aromatic N) is 3. The molecular formula is C11H7F3N4OS. The molecule has 2 aromatic rings. The fourth-order valence-corrected chi connectivity index (χ4v) is 1.56. The number of hydrogen-bond donors (Lipinski definition) is 1. The molecule has 0 aliphatic rings. The smallest absolute Gasteiger partial charge is 0.265 e. The van der Waals surface area contributed by atoms with Gasteiger partial charge in [-0.3, -0.25) is 9.89 Å². The Kier molecular flexibility index (Phi) is 3.79. The zero-order chi connectivity index (χ0) is 14.8. The Bertz CT molecular complexity index is 735. The topological polar surface area (TPSA) is 63.0 Å². The lowest BCUT2D eigenvalue weighted by Gasteiger charge is -2.06. The molecule has 104 valence electrons. The molecule has 0 fully saturated rings. The van der Waals surface area contributed by atoms with E-state index in [1.165, 1.54) is 12.1 Å². The van der Waals surface area contributed by atoms with Crippen LogP contribution in [0.3, 0.4) is 0 Å². The average Bonchev–Trinajstić information content (AvgIpc) is 2.37. The maximum atomic E-state index is 12.5. The number of aromatic amines is 1. The molecule has 20 heavy (non-hydrogen) atoms. The van der Waals surface area contributed by atoms with Gasteiger partial charge in [0.15, 0.2) is 0 Å². The van der Waals surface area contributed by atoms with Crippen LogP contribution in [0, 0.1) is 4.77 Å². The van der Waals surface area contributed by atoms with Gasteiger partial charge in [-0.1, -0.05) is 12.1 Å². The van der Waals surface area contributed by atoms with Crippen LogP contribution in [0.1, 0.15) is 11.1 Å². The zero-order valence-electron chi connectivity index (χ0n) is 9.76. The summed E-state index contributed by atoms with van der Waals surface area (Å²) in [5, 5.41) is 9.54. The first-order chi connectivity index (χ1) is 9.38. The lowest BCUT2D eigenvalue weighted by atomic mass is 10.1. The molecule has 2 rings (SSSR count). The van der Waals surface area contributed by atoms with Crippen molar-refractivity contribution in [3.05, 3.63) is 56.7 Å². The average molecular weight is 300 g/mol. The number of rotatable bonds is 2. The minimum atomic E-state index is -4.44. The van der Waals surface area contributed by atoms with Crippen LogP contribution in [0.5, 0.6) is 0 Å². The van der Waals surface area contributed by atoms with Gasteiger partial charge in [0.1, 0.15) is 6.20 Å². The van der Waals surface area contributed by atoms with Crippen LogP contribution >= 0.6 is 12.2 Å². The molecule has 0 saturated carbocycles. The van der Waals surface area contributed by atoms with Crippen molar-refractivity contribution in [1.29, 1.82) is 0 Å². The minimum Gasteiger partial charge on any atom is -0.265 e. The molecule has 9 heteroatoms. The maximum absolute atomic E-state index is 12.5. The van der Waals surface area contributed by atoms with Crippen LogP contribution < -0.4 is 5.56 Å². The van der Waals surface area contributed by atoms with E-state index in [1.807, 2.05) is 0 Å². The third-order valence-corrected chi connectivity index (χ3v) is 2.54. The molecule has 0 saturated heterocycles. The molecule has 0 aliphatic carbocycles. The molecule has 0 radical (unpaired) electrons. The second-order valence-corrected chi connectivity index (χ2v) is 4.08. The van der Waals surface area contributed by atoms with Crippen molar-refractivity contribution >= 4 is 18.4 Å². The lowest BCUT2D eigenvalue weighted by Crippen LogP contribution is -2.18. The maximum Gasteiger partial charge on any atom is 0.416 e. The van der Waals surface area contributed by atoms with Crippen LogP contribution in [-0.2, 0) is 6.18 Å².